The number of likely N-dealkylation sites (tertiary alicyclic amines) is 1. The third kappa shape index (κ3) is 3.96. The second-order valence-electron chi connectivity index (χ2n) is 6.25. The van der Waals surface area contributed by atoms with Crippen molar-refractivity contribution in [3.8, 4) is 11.3 Å². The van der Waals surface area contributed by atoms with Crippen LogP contribution >= 0.6 is 45.9 Å². The molecule has 4 heterocycles. The van der Waals surface area contributed by atoms with Gasteiger partial charge >= 0.3 is 0 Å². The molecule has 0 aromatic carbocycles. The summed E-state index contributed by atoms with van der Waals surface area (Å²) in [6.45, 7) is 0.518. The molecule has 1 atom stereocenters. The van der Waals surface area contributed by atoms with E-state index in [1.54, 1.807) is 23.1 Å². The highest BCUT2D eigenvalue weighted by molar-refractivity contribution is 7.20. The van der Waals surface area contributed by atoms with Gasteiger partial charge in [0.05, 0.1) is 16.3 Å². The molecule has 146 valence electrons. The lowest BCUT2D eigenvalue weighted by Crippen LogP contribution is -2.49. The zero-order valence-electron chi connectivity index (χ0n) is 14.5. The summed E-state index contributed by atoms with van der Waals surface area (Å²) in [5.74, 6) is -0.292. The van der Waals surface area contributed by atoms with E-state index in [0.29, 0.717) is 32.5 Å². The number of nitrogens with one attached hydrogen (secondary N) is 1. The molecule has 1 fully saturated rings. The maximum atomic E-state index is 12.9. The molecule has 1 unspecified atom stereocenters. The van der Waals surface area contributed by atoms with Crippen molar-refractivity contribution < 1.29 is 14.0 Å². The Hall–Kier alpha value is -1.87. The first-order valence-corrected chi connectivity index (χ1v) is 11.0. The molecule has 3 aromatic heterocycles. The Labute approximate surface area is 179 Å². The van der Waals surface area contributed by atoms with E-state index in [1.165, 1.54) is 28.9 Å². The lowest BCUT2D eigenvalue weighted by Gasteiger charge is -2.33. The number of piperidine rings is 1. The van der Waals surface area contributed by atoms with Gasteiger partial charge in [0.2, 0.25) is 5.91 Å². The molecule has 1 aliphatic heterocycles. The fourth-order valence-electron chi connectivity index (χ4n) is 3.15. The van der Waals surface area contributed by atoms with Gasteiger partial charge in [-0.1, -0.05) is 23.2 Å². The normalized spacial score (nSPS) is 16.9. The molecule has 0 aliphatic carbocycles. The number of halogens is 2. The minimum Gasteiger partial charge on any atom is -0.459 e. The molecule has 1 saturated heterocycles. The van der Waals surface area contributed by atoms with Gasteiger partial charge in [-0.15, -0.1) is 22.7 Å². The highest BCUT2D eigenvalue weighted by Crippen LogP contribution is 2.39. The van der Waals surface area contributed by atoms with Gasteiger partial charge in [0.25, 0.3) is 5.91 Å². The van der Waals surface area contributed by atoms with Crippen molar-refractivity contribution in [1.29, 1.82) is 0 Å². The van der Waals surface area contributed by atoms with E-state index in [4.69, 9.17) is 27.6 Å². The van der Waals surface area contributed by atoms with Crippen molar-refractivity contribution in [1.82, 2.24) is 9.88 Å². The predicted molar refractivity (Wildman–Crippen MR) is 111 cm³/mol. The van der Waals surface area contributed by atoms with Crippen molar-refractivity contribution in [3.05, 3.63) is 44.3 Å². The quantitative estimate of drug-likeness (QED) is 0.570. The van der Waals surface area contributed by atoms with Crippen LogP contribution in [-0.2, 0) is 4.79 Å². The Morgan fingerprint density at radius 1 is 1.32 bits per heavy atom. The molecule has 2 amide bonds. The Kier molecular flexibility index (Phi) is 5.73. The first-order valence-electron chi connectivity index (χ1n) is 8.59. The fraction of sp³-hybridized carbons (Fsp3) is 0.278. The van der Waals surface area contributed by atoms with Crippen molar-refractivity contribution in [2.45, 2.75) is 25.3 Å². The maximum Gasteiger partial charge on any atom is 0.290 e. The Bertz CT molecular complexity index is 1000. The van der Waals surface area contributed by atoms with Crippen LogP contribution in [-0.4, -0.2) is 34.3 Å². The largest absolute Gasteiger partial charge is 0.459 e. The average molecular weight is 456 g/mol. The van der Waals surface area contributed by atoms with Gasteiger partial charge in [-0.25, -0.2) is 4.98 Å². The zero-order valence-corrected chi connectivity index (χ0v) is 17.6. The standard InChI is InChI=1S/C18H15Cl2N3O3S2/c19-14-8-10(15(20)28-14)11-9-27-18(21-11)22-16(24)12-4-1-2-6-23(12)17(25)13-5-3-7-26-13/h3,5,7-9,12H,1-2,4,6H2,(H,21,22,24). The number of furan rings is 1. The van der Waals surface area contributed by atoms with Crippen molar-refractivity contribution in [2.75, 3.05) is 11.9 Å². The van der Waals surface area contributed by atoms with Crippen LogP contribution in [0.5, 0.6) is 0 Å². The average Bonchev–Trinajstić information content (AvgIpc) is 3.42. The lowest BCUT2D eigenvalue weighted by molar-refractivity contribution is -0.121. The Balaban J connectivity index is 1.49. The smallest absolute Gasteiger partial charge is 0.290 e. The van der Waals surface area contributed by atoms with Gasteiger partial charge in [-0.3, -0.25) is 9.59 Å². The zero-order chi connectivity index (χ0) is 19.7. The third-order valence-corrected chi connectivity index (χ3v) is 6.71. The predicted octanol–water partition coefficient (Wildman–Crippen LogP) is 5.40. The number of carbonyl (C=O) groups excluding carboxylic acids is 2. The molecule has 28 heavy (non-hydrogen) atoms. The number of hydrogen-bond donors (Lipinski definition) is 1. The molecular formula is C18H15Cl2N3O3S2. The minimum atomic E-state index is -0.558. The molecule has 0 radical (unpaired) electrons. The highest BCUT2D eigenvalue weighted by Gasteiger charge is 2.34. The van der Waals surface area contributed by atoms with Crippen LogP contribution in [0.25, 0.3) is 11.3 Å². The van der Waals surface area contributed by atoms with Gasteiger partial charge in [0.1, 0.15) is 10.4 Å². The van der Waals surface area contributed by atoms with E-state index in [9.17, 15) is 9.59 Å². The van der Waals surface area contributed by atoms with E-state index in [-0.39, 0.29) is 17.6 Å². The van der Waals surface area contributed by atoms with Crippen molar-refractivity contribution >= 4 is 62.8 Å². The van der Waals surface area contributed by atoms with Crippen molar-refractivity contribution in [2.24, 2.45) is 0 Å². The number of rotatable bonds is 4. The van der Waals surface area contributed by atoms with Crippen LogP contribution in [0.3, 0.4) is 0 Å². The summed E-state index contributed by atoms with van der Waals surface area (Å²) in [6.07, 6.45) is 3.79. The third-order valence-electron chi connectivity index (χ3n) is 4.47. The summed E-state index contributed by atoms with van der Waals surface area (Å²) < 4.78 is 6.33. The van der Waals surface area contributed by atoms with Gasteiger partial charge in [-0.05, 0) is 37.5 Å². The number of carbonyl (C=O) groups is 2. The lowest BCUT2D eigenvalue weighted by atomic mass is 10.0. The van der Waals surface area contributed by atoms with Crippen LogP contribution in [0.4, 0.5) is 5.13 Å². The van der Waals surface area contributed by atoms with Gasteiger partial charge in [0.15, 0.2) is 10.9 Å². The van der Waals surface area contributed by atoms with Crippen LogP contribution < -0.4 is 5.32 Å². The number of anilines is 1. The van der Waals surface area contributed by atoms with E-state index in [1.807, 2.05) is 5.38 Å². The fourth-order valence-corrected chi connectivity index (χ4v) is 5.34. The van der Waals surface area contributed by atoms with Crippen LogP contribution in [0.15, 0.2) is 34.3 Å². The molecule has 10 heteroatoms. The molecule has 6 nitrogen and oxygen atoms in total. The molecular weight excluding hydrogens is 441 g/mol. The maximum absolute atomic E-state index is 12.9. The first kappa shape index (κ1) is 19.4. The molecule has 0 saturated carbocycles. The number of amides is 2. The number of thiazole rings is 1. The van der Waals surface area contributed by atoms with Gasteiger partial charge in [0, 0.05) is 17.5 Å². The highest BCUT2D eigenvalue weighted by atomic mass is 35.5. The van der Waals surface area contributed by atoms with Crippen LogP contribution in [0.2, 0.25) is 8.67 Å². The van der Waals surface area contributed by atoms with E-state index in [2.05, 4.69) is 10.3 Å². The molecule has 0 spiro atoms. The summed E-state index contributed by atoms with van der Waals surface area (Å²) >= 11 is 14.7. The summed E-state index contributed by atoms with van der Waals surface area (Å²) in [6, 6.07) is 4.46. The molecule has 3 aromatic rings. The Morgan fingerprint density at radius 3 is 2.89 bits per heavy atom. The van der Waals surface area contributed by atoms with Crippen LogP contribution in [0, 0.1) is 0 Å². The second-order valence-corrected chi connectivity index (χ2v) is 9.40. The van der Waals surface area contributed by atoms with Gasteiger partial charge in [-0.2, -0.15) is 0 Å². The van der Waals surface area contributed by atoms with Crippen molar-refractivity contribution in [3.63, 3.8) is 0 Å². The number of hydrogen-bond acceptors (Lipinski definition) is 6. The molecule has 1 N–H and O–H groups in total. The molecule has 4 rings (SSSR count). The summed E-state index contributed by atoms with van der Waals surface area (Å²) in [4.78, 5) is 31.5. The summed E-state index contributed by atoms with van der Waals surface area (Å²) in [7, 11) is 0. The summed E-state index contributed by atoms with van der Waals surface area (Å²) in [5, 5.41) is 5.09. The van der Waals surface area contributed by atoms with Crippen LogP contribution in [0.1, 0.15) is 29.8 Å². The minimum absolute atomic E-state index is 0.236. The number of nitrogens with zero attached hydrogens (tertiary/aromatic N) is 2. The monoisotopic (exact) mass is 455 g/mol. The van der Waals surface area contributed by atoms with E-state index in [0.717, 1.165) is 18.4 Å². The SMILES string of the molecule is O=C(Nc1nc(-c2cc(Cl)sc2Cl)cs1)C1CCCCN1C(=O)c1ccco1. The first-order chi connectivity index (χ1) is 13.5. The van der Waals surface area contributed by atoms with Gasteiger partial charge < -0.3 is 14.6 Å². The summed E-state index contributed by atoms with van der Waals surface area (Å²) in [5.41, 5.74) is 1.39. The molecule has 0 bridgehead atoms. The second kappa shape index (κ2) is 8.24. The Morgan fingerprint density at radius 2 is 2.18 bits per heavy atom. The van der Waals surface area contributed by atoms with E-state index >= 15 is 0 Å². The van der Waals surface area contributed by atoms with E-state index < -0.39 is 6.04 Å². The number of aromatic nitrogens is 1. The topological polar surface area (TPSA) is 75.4 Å². The number of thiophene rings is 1. The molecule has 1 aliphatic rings.